The van der Waals surface area contributed by atoms with Crippen molar-refractivity contribution >= 4 is 57.4 Å². The minimum Gasteiger partial charge on any atom is -0.333 e. The Balaban J connectivity index is 1.39. The molecule has 30 heavy (non-hydrogen) atoms. The monoisotopic (exact) mass is 465 g/mol. The lowest BCUT2D eigenvalue weighted by Gasteiger charge is -2.26. The molecule has 7 nitrogen and oxygen atoms in total. The Morgan fingerprint density at radius 1 is 1.17 bits per heavy atom. The Morgan fingerprint density at radius 3 is 2.67 bits per heavy atom. The van der Waals surface area contributed by atoms with Crippen molar-refractivity contribution < 1.29 is 9.59 Å². The SMILES string of the molecule is CC1(NC(=O)N2CCC3(C2)CN(C(=O)Nc2ncc(Cl)s2)c2ccc(Cl)cc23)CC1. The summed E-state index contributed by atoms with van der Waals surface area (Å²) in [7, 11) is 0. The number of carbonyl (C=O) groups excluding carboxylic acids is 2. The number of hydrogen-bond acceptors (Lipinski definition) is 4. The van der Waals surface area contributed by atoms with Crippen LogP contribution in [-0.4, -0.2) is 47.1 Å². The van der Waals surface area contributed by atoms with Gasteiger partial charge in [-0.2, -0.15) is 0 Å². The van der Waals surface area contributed by atoms with Gasteiger partial charge >= 0.3 is 12.1 Å². The molecule has 1 aliphatic carbocycles. The van der Waals surface area contributed by atoms with Crippen LogP contribution in [0.3, 0.4) is 0 Å². The largest absolute Gasteiger partial charge is 0.333 e. The van der Waals surface area contributed by atoms with Gasteiger partial charge in [-0.1, -0.05) is 34.5 Å². The molecule has 2 aromatic rings. The topological polar surface area (TPSA) is 77.6 Å². The predicted octanol–water partition coefficient (Wildman–Crippen LogP) is 4.71. The van der Waals surface area contributed by atoms with Crippen molar-refractivity contribution in [2.75, 3.05) is 29.9 Å². The minimum atomic E-state index is -0.333. The van der Waals surface area contributed by atoms with Gasteiger partial charge in [0.15, 0.2) is 5.13 Å². The average Bonchev–Trinajstić information content (AvgIpc) is 3.06. The fourth-order valence-corrected chi connectivity index (χ4v) is 5.31. The van der Waals surface area contributed by atoms with E-state index in [1.54, 1.807) is 11.0 Å². The number of urea groups is 2. The molecule has 3 aliphatic rings. The standard InChI is InChI=1S/C20H21Cl2N5O2S/c1-19(4-5-19)25-18(29)26-7-6-20(10-26)11-27(14-3-2-12(21)8-13(14)20)17(28)24-16-23-9-15(22)30-16/h2-3,8-9H,4-7,10-11H2,1H3,(H,25,29)(H,23,24,28). The van der Waals surface area contributed by atoms with E-state index in [4.69, 9.17) is 23.2 Å². The maximum absolute atomic E-state index is 13.0. The third kappa shape index (κ3) is 3.50. The molecule has 1 atom stereocenters. The van der Waals surface area contributed by atoms with Gasteiger partial charge in [-0.05, 0) is 49.9 Å². The van der Waals surface area contributed by atoms with Gasteiger partial charge in [0.25, 0.3) is 0 Å². The first kappa shape index (κ1) is 19.9. The van der Waals surface area contributed by atoms with Crippen molar-refractivity contribution in [3.05, 3.63) is 39.3 Å². The van der Waals surface area contributed by atoms with Crippen molar-refractivity contribution in [1.29, 1.82) is 0 Å². The molecule has 0 bridgehead atoms. The number of hydrogen-bond donors (Lipinski definition) is 2. The second-order valence-corrected chi connectivity index (χ2v) is 10.7. The van der Waals surface area contributed by atoms with E-state index in [1.165, 1.54) is 17.5 Å². The van der Waals surface area contributed by atoms with Crippen LogP contribution in [0.2, 0.25) is 9.36 Å². The summed E-state index contributed by atoms with van der Waals surface area (Å²) < 4.78 is 0.511. The maximum atomic E-state index is 13.0. The van der Waals surface area contributed by atoms with Gasteiger partial charge in [0.05, 0.1) is 6.20 Å². The second kappa shape index (κ2) is 7.00. The lowest BCUT2D eigenvalue weighted by Crippen LogP contribution is -2.46. The quantitative estimate of drug-likeness (QED) is 0.673. The molecule has 1 saturated carbocycles. The van der Waals surface area contributed by atoms with Gasteiger partial charge in [0.1, 0.15) is 4.34 Å². The smallest absolute Gasteiger partial charge is 0.328 e. The summed E-state index contributed by atoms with van der Waals surface area (Å²) in [6.07, 6.45) is 4.32. The molecule has 5 rings (SSSR count). The van der Waals surface area contributed by atoms with Crippen LogP contribution < -0.4 is 15.5 Å². The number of benzene rings is 1. The summed E-state index contributed by atoms with van der Waals surface area (Å²) >= 11 is 13.4. The van der Waals surface area contributed by atoms with Crippen molar-refractivity contribution in [1.82, 2.24) is 15.2 Å². The third-order valence-corrected chi connectivity index (χ3v) is 7.53. The Hall–Kier alpha value is -2.03. The van der Waals surface area contributed by atoms with E-state index in [1.807, 2.05) is 17.0 Å². The van der Waals surface area contributed by atoms with Gasteiger partial charge in [-0.15, -0.1) is 0 Å². The molecule has 1 saturated heterocycles. The van der Waals surface area contributed by atoms with Crippen LogP contribution in [0.1, 0.15) is 31.7 Å². The number of carbonyl (C=O) groups is 2. The molecule has 0 radical (unpaired) electrons. The number of anilines is 2. The highest BCUT2D eigenvalue weighted by atomic mass is 35.5. The maximum Gasteiger partial charge on any atom is 0.328 e. The van der Waals surface area contributed by atoms with E-state index in [-0.39, 0.29) is 23.0 Å². The first-order valence-electron chi connectivity index (χ1n) is 9.84. The summed E-state index contributed by atoms with van der Waals surface area (Å²) in [5, 5.41) is 7.03. The molecular formula is C20H21Cl2N5O2S. The molecule has 2 fully saturated rings. The number of aromatic nitrogens is 1. The zero-order valence-electron chi connectivity index (χ0n) is 16.4. The number of likely N-dealkylation sites (tertiary alicyclic amines) is 1. The molecule has 158 valence electrons. The number of halogens is 2. The van der Waals surface area contributed by atoms with Gasteiger partial charge in [0.2, 0.25) is 0 Å². The van der Waals surface area contributed by atoms with Crippen LogP contribution in [0, 0.1) is 0 Å². The van der Waals surface area contributed by atoms with E-state index in [0.717, 1.165) is 30.5 Å². The van der Waals surface area contributed by atoms with Crippen LogP contribution in [0.4, 0.5) is 20.4 Å². The molecular weight excluding hydrogens is 445 g/mol. The predicted molar refractivity (Wildman–Crippen MR) is 119 cm³/mol. The number of nitrogens with zero attached hydrogens (tertiary/aromatic N) is 3. The zero-order chi connectivity index (χ0) is 21.1. The lowest BCUT2D eigenvalue weighted by atomic mass is 9.81. The highest BCUT2D eigenvalue weighted by Crippen LogP contribution is 2.47. The summed E-state index contributed by atoms with van der Waals surface area (Å²) in [4.78, 5) is 33.5. The Labute approximate surface area is 188 Å². The molecule has 1 spiro atoms. The second-order valence-electron chi connectivity index (χ2n) is 8.59. The van der Waals surface area contributed by atoms with E-state index in [9.17, 15) is 9.59 Å². The summed E-state index contributed by atoms with van der Waals surface area (Å²) in [5.74, 6) is 0. The first-order valence-corrected chi connectivity index (χ1v) is 11.4. The number of rotatable bonds is 2. The van der Waals surface area contributed by atoms with Gasteiger partial charge in [0, 0.05) is 41.3 Å². The Kier molecular flexibility index (Phi) is 4.65. The van der Waals surface area contributed by atoms with Crippen molar-refractivity contribution in [3.8, 4) is 0 Å². The molecule has 4 amide bonds. The molecule has 1 aromatic heterocycles. The van der Waals surface area contributed by atoms with Crippen molar-refractivity contribution in [3.63, 3.8) is 0 Å². The summed E-state index contributed by atoms with van der Waals surface area (Å²) in [5.41, 5.74) is 1.43. The van der Waals surface area contributed by atoms with Crippen molar-refractivity contribution in [2.45, 2.75) is 37.1 Å². The third-order valence-electron chi connectivity index (χ3n) is 6.27. The van der Waals surface area contributed by atoms with Crippen LogP contribution in [0.15, 0.2) is 24.4 Å². The normalized spacial score (nSPS) is 23.6. The fourth-order valence-electron chi connectivity index (χ4n) is 4.34. The Bertz CT molecular complexity index is 1040. The van der Waals surface area contributed by atoms with E-state index in [2.05, 4.69) is 22.5 Å². The molecule has 1 aromatic carbocycles. The van der Waals surface area contributed by atoms with Gasteiger partial charge in [-0.25, -0.2) is 14.6 Å². The lowest BCUT2D eigenvalue weighted by molar-refractivity contribution is 0.201. The molecule has 2 aliphatic heterocycles. The van der Waals surface area contributed by atoms with Crippen molar-refractivity contribution in [2.24, 2.45) is 0 Å². The fraction of sp³-hybridized carbons (Fsp3) is 0.450. The average molecular weight is 466 g/mol. The van der Waals surface area contributed by atoms with Crippen LogP contribution >= 0.6 is 34.5 Å². The number of nitrogens with one attached hydrogen (secondary N) is 2. The van der Waals surface area contributed by atoms with Gasteiger partial charge in [-0.3, -0.25) is 10.2 Å². The molecule has 2 N–H and O–H groups in total. The molecule has 10 heteroatoms. The number of thiazole rings is 1. The van der Waals surface area contributed by atoms with Crippen LogP contribution in [0.25, 0.3) is 0 Å². The first-order chi connectivity index (χ1) is 14.3. The number of amides is 4. The van der Waals surface area contributed by atoms with Gasteiger partial charge < -0.3 is 10.2 Å². The number of fused-ring (bicyclic) bond motifs is 2. The Morgan fingerprint density at radius 2 is 1.97 bits per heavy atom. The van der Waals surface area contributed by atoms with E-state index >= 15 is 0 Å². The van der Waals surface area contributed by atoms with E-state index < -0.39 is 0 Å². The summed E-state index contributed by atoms with van der Waals surface area (Å²) in [6, 6.07) is 5.28. The highest BCUT2D eigenvalue weighted by Gasteiger charge is 2.51. The molecule has 1 unspecified atom stereocenters. The minimum absolute atomic E-state index is 0.0317. The molecule has 3 heterocycles. The van der Waals surface area contributed by atoms with Crippen LogP contribution in [0.5, 0.6) is 0 Å². The van der Waals surface area contributed by atoms with E-state index in [0.29, 0.717) is 34.1 Å². The van der Waals surface area contributed by atoms with Crippen LogP contribution in [-0.2, 0) is 5.41 Å². The highest BCUT2D eigenvalue weighted by molar-refractivity contribution is 7.19. The zero-order valence-corrected chi connectivity index (χ0v) is 18.7. The summed E-state index contributed by atoms with van der Waals surface area (Å²) in [6.45, 7) is 3.74.